The molecule has 19 heavy (non-hydrogen) atoms. The van der Waals surface area contributed by atoms with Crippen LogP contribution in [0.15, 0.2) is 24.3 Å². The van der Waals surface area contributed by atoms with Crippen LogP contribution in [0, 0.1) is 0 Å². The molecule has 0 fully saturated rings. The van der Waals surface area contributed by atoms with Gasteiger partial charge in [-0.25, -0.2) is 4.79 Å². The zero-order valence-electron chi connectivity index (χ0n) is 11.1. The van der Waals surface area contributed by atoms with Crippen LogP contribution in [0.2, 0.25) is 0 Å². The number of carbonyl (C=O) groups excluding carboxylic acids is 2. The number of nitrogens with two attached hydrogens (primary N) is 1. The first kappa shape index (κ1) is 14.8. The molecule has 0 spiro atoms. The lowest BCUT2D eigenvalue weighted by Crippen LogP contribution is -2.19. The van der Waals surface area contributed by atoms with Gasteiger partial charge in [0.1, 0.15) is 0 Å². The quantitative estimate of drug-likeness (QED) is 0.623. The summed E-state index contributed by atoms with van der Waals surface area (Å²) in [6.45, 7) is 3.95. The number of carbonyl (C=O) groups is 2. The Kier molecular flexibility index (Phi) is 5.60. The van der Waals surface area contributed by atoms with Crippen molar-refractivity contribution in [3.05, 3.63) is 35.4 Å². The van der Waals surface area contributed by atoms with Crippen LogP contribution in [-0.2, 0) is 9.53 Å². The van der Waals surface area contributed by atoms with Crippen molar-refractivity contribution < 1.29 is 14.3 Å². The largest absolute Gasteiger partial charge is 0.462 e. The summed E-state index contributed by atoms with van der Waals surface area (Å²) in [7, 11) is 0. The van der Waals surface area contributed by atoms with E-state index in [0.29, 0.717) is 24.4 Å². The third-order valence-corrected chi connectivity index (χ3v) is 2.36. The predicted octanol–water partition coefficient (Wildman–Crippen LogP) is 1.59. The summed E-state index contributed by atoms with van der Waals surface area (Å²) in [5.41, 5.74) is 7.55. The molecule has 1 aromatic rings. The van der Waals surface area contributed by atoms with Gasteiger partial charge in [-0.1, -0.05) is 12.2 Å². The van der Waals surface area contributed by atoms with Gasteiger partial charge in [0.25, 0.3) is 0 Å². The SMILES string of the molecule is CCOC(=O)c1ccc(N)c(C=CCNC(C)=O)c1. The third kappa shape index (κ3) is 4.83. The molecule has 0 aliphatic rings. The van der Waals surface area contributed by atoms with E-state index in [1.54, 1.807) is 37.3 Å². The lowest BCUT2D eigenvalue weighted by atomic mass is 10.1. The number of esters is 1. The molecule has 0 aromatic heterocycles. The number of rotatable bonds is 5. The van der Waals surface area contributed by atoms with Gasteiger partial charge < -0.3 is 15.8 Å². The molecule has 5 nitrogen and oxygen atoms in total. The summed E-state index contributed by atoms with van der Waals surface area (Å²) in [5.74, 6) is -0.475. The topological polar surface area (TPSA) is 81.4 Å². The van der Waals surface area contributed by atoms with E-state index >= 15 is 0 Å². The number of hydrogen-bond acceptors (Lipinski definition) is 4. The Bertz CT molecular complexity index is 495. The van der Waals surface area contributed by atoms with Crippen LogP contribution < -0.4 is 11.1 Å². The van der Waals surface area contributed by atoms with Crippen LogP contribution in [0.4, 0.5) is 5.69 Å². The molecule has 1 rings (SSSR count). The van der Waals surface area contributed by atoms with Gasteiger partial charge in [-0.05, 0) is 30.7 Å². The monoisotopic (exact) mass is 262 g/mol. The maximum atomic E-state index is 11.6. The second-order valence-electron chi connectivity index (χ2n) is 3.90. The molecule has 0 radical (unpaired) electrons. The van der Waals surface area contributed by atoms with Crippen molar-refractivity contribution in [2.24, 2.45) is 0 Å². The Morgan fingerprint density at radius 1 is 1.42 bits per heavy atom. The normalized spacial score (nSPS) is 10.4. The van der Waals surface area contributed by atoms with Gasteiger partial charge >= 0.3 is 5.97 Å². The summed E-state index contributed by atoms with van der Waals surface area (Å²) < 4.78 is 4.92. The highest BCUT2D eigenvalue weighted by atomic mass is 16.5. The predicted molar refractivity (Wildman–Crippen MR) is 74.5 cm³/mol. The lowest BCUT2D eigenvalue weighted by molar-refractivity contribution is -0.118. The van der Waals surface area contributed by atoms with Gasteiger partial charge in [0.2, 0.25) is 5.91 Å². The molecule has 5 heteroatoms. The number of benzene rings is 1. The average molecular weight is 262 g/mol. The lowest BCUT2D eigenvalue weighted by Gasteiger charge is -2.05. The maximum absolute atomic E-state index is 11.6. The van der Waals surface area contributed by atoms with Crippen molar-refractivity contribution >= 4 is 23.6 Å². The van der Waals surface area contributed by atoms with Gasteiger partial charge in [0, 0.05) is 19.2 Å². The Labute approximate surface area is 112 Å². The molecular formula is C14H18N2O3. The summed E-state index contributed by atoms with van der Waals surface area (Å²) in [6, 6.07) is 4.94. The number of anilines is 1. The molecule has 0 bridgehead atoms. The van der Waals surface area contributed by atoms with E-state index in [-0.39, 0.29) is 11.9 Å². The van der Waals surface area contributed by atoms with Gasteiger partial charge in [-0.15, -0.1) is 0 Å². The molecule has 0 aliphatic heterocycles. The van der Waals surface area contributed by atoms with E-state index in [1.165, 1.54) is 6.92 Å². The third-order valence-electron chi connectivity index (χ3n) is 2.36. The first-order chi connectivity index (χ1) is 9.04. The maximum Gasteiger partial charge on any atom is 0.338 e. The fourth-order valence-corrected chi connectivity index (χ4v) is 1.45. The van der Waals surface area contributed by atoms with Gasteiger partial charge in [0.15, 0.2) is 0 Å². The number of ether oxygens (including phenoxy) is 1. The van der Waals surface area contributed by atoms with E-state index in [4.69, 9.17) is 10.5 Å². The average Bonchev–Trinajstić information content (AvgIpc) is 2.36. The van der Waals surface area contributed by atoms with Gasteiger partial charge in [0.05, 0.1) is 12.2 Å². The molecule has 102 valence electrons. The van der Waals surface area contributed by atoms with Crippen molar-refractivity contribution in [2.45, 2.75) is 13.8 Å². The van der Waals surface area contributed by atoms with Crippen LogP contribution in [0.25, 0.3) is 6.08 Å². The molecular weight excluding hydrogens is 244 g/mol. The van der Waals surface area contributed by atoms with Crippen LogP contribution in [0.1, 0.15) is 29.8 Å². The van der Waals surface area contributed by atoms with E-state index in [2.05, 4.69) is 5.32 Å². The highest BCUT2D eigenvalue weighted by Crippen LogP contribution is 2.16. The van der Waals surface area contributed by atoms with Crippen molar-refractivity contribution in [1.29, 1.82) is 0 Å². The number of hydrogen-bond donors (Lipinski definition) is 2. The van der Waals surface area contributed by atoms with E-state index in [0.717, 1.165) is 5.56 Å². The minimum atomic E-state index is -0.376. The molecule has 1 aromatic carbocycles. The molecule has 0 aliphatic carbocycles. The van der Waals surface area contributed by atoms with Crippen molar-refractivity contribution in [3.63, 3.8) is 0 Å². The molecule has 1 amide bonds. The zero-order chi connectivity index (χ0) is 14.3. The number of nitrogen functional groups attached to an aromatic ring is 1. The Morgan fingerprint density at radius 3 is 2.79 bits per heavy atom. The van der Waals surface area contributed by atoms with E-state index in [9.17, 15) is 9.59 Å². The first-order valence-electron chi connectivity index (χ1n) is 6.02. The van der Waals surface area contributed by atoms with Crippen molar-refractivity contribution in [2.75, 3.05) is 18.9 Å². The highest BCUT2D eigenvalue weighted by molar-refractivity contribution is 5.91. The van der Waals surface area contributed by atoms with Crippen molar-refractivity contribution in [1.82, 2.24) is 5.32 Å². The minimum absolute atomic E-state index is 0.0992. The van der Waals surface area contributed by atoms with Crippen LogP contribution in [0.3, 0.4) is 0 Å². The minimum Gasteiger partial charge on any atom is -0.462 e. The molecule has 3 N–H and O–H groups in total. The smallest absolute Gasteiger partial charge is 0.338 e. The van der Waals surface area contributed by atoms with Crippen LogP contribution in [-0.4, -0.2) is 25.0 Å². The fourth-order valence-electron chi connectivity index (χ4n) is 1.45. The second kappa shape index (κ2) is 7.20. The summed E-state index contributed by atoms with van der Waals surface area (Å²) in [4.78, 5) is 22.3. The number of amides is 1. The molecule has 0 saturated carbocycles. The van der Waals surface area contributed by atoms with Crippen LogP contribution in [0.5, 0.6) is 0 Å². The molecule has 0 atom stereocenters. The summed E-state index contributed by atoms with van der Waals surface area (Å²) >= 11 is 0. The van der Waals surface area contributed by atoms with Crippen LogP contribution >= 0.6 is 0 Å². The summed E-state index contributed by atoms with van der Waals surface area (Å²) in [6.07, 6.45) is 3.52. The molecule has 0 unspecified atom stereocenters. The highest BCUT2D eigenvalue weighted by Gasteiger charge is 2.07. The van der Waals surface area contributed by atoms with Crippen molar-refractivity contribution in [3.8, 4) is 0 Å². The van der Waals surface area contributed by atoms with Gasteiger partial charge in [-0.2, -0.15) is 0 Å². The standard InChI is InChI=1S/C14H18N2O3/c1-3-19-14(18)12-6-7-13(15)11(9-12)5-4-8-16-10(2)17/h4-7,9H,3,8,15H2,1-2H3,(H,16,17). The Morgan fingerprint density at radius 2 is 2.16 bits per heavy atom. The van der Waals surface area contributed by atoms with E-state index < -0.39 is 0 Å². The van der Waals surface area contributed by atoms with Gasteiger partial charge in [-0.3, -0.25) is 4.79 Å². The molecule has 0 saturated heterocycles. The molecule has 0 heterocycles. The van der Waals surface area contributed by atoms with E-state index in [1.807, 2.05) is 0 Å². The zero-order valence-corrected chi connectivity index (χ0v) is 11.1. The second-order valence-corrected chi connectivity index (χ2v) is 3.90. The Balaban J connectivity index is 2.79. The fraction of sp³-hybridized carbons (Fsp3) is 0.286. The summed E-state index contributed by atoms with van der Waals surface area (Å²) in [5, 5.41) is 2.63. The number of nitrogens with one attached hydrogen (secondary N) is 1. The first-order valence-corrected chi connectivity index (χ1v) is 6.02. The Hall–Kier alpha value is -2.30.